The lowest BCUT2D eigenvalue weighted by Crippen LogP contribution is -2.03. The monoisotopic (exact) mass is 300 g/mol. The summed E-state index contributed by atoms with van der Waals surface area (Å²) in [5, 5.41) is 1.57. The Morgan fingerprint density at radius 1 is 1.09 bits per heavy atom. The zero-order chi connectivity index (χ0) is 16.3. The maximum atomic E-state index is 11.6. The number of fused-ring (bicyclic) bond motifs is 1. The third-order valence-electron chi connectivity index (χ3n) is 3.83. The van der Waals surface area contributed by atoms with Gasteiger partial charge >= 0.3 is 0 Å². The number of benzene rings is 2. The number of hydrogen-bond acceptors (Lipinski definition) is 4. The molecule has 116 valence electrons. The molecule has 0 heterocycles. The minimum atomic E-state index is -0.0320. The van der Waals surface area contributed by atoms with Crippen molar-refractivity contribution in [1.82, 2.24) is 0 Å². The van der Waals surface area contributed by atoms with E-state index >= 15 is 0 Å². The van der Waals surface area contributed by atoms with Gasteiger partial charge in [0.1, 0.15) is 17.2 Å². The van der Waals surface area contributed by atoms with Crippen LogP contribution >= 0.6 is 0 Å². The third-order valence-corrected chi connectivity index (χ3v) is 3.83. The van der Waals surface area contributed by atoms with Crippen LogP contribution in [0.1, 0.15) is 28.8 Å². The standard InChI is InChI=1S/C18H20O4/c1-6-11(2)16-12(10-19)9-13-14(20-3)7-8-15(21-4)17(13)18(16)22-5/h6-11H,1H2,2-5H3. The molecule has 0 aliphatic carbocycles. The molecule has 1 unspecified atom stereocenters. The largest absolute Gasteiger partial charge is 0.496 e. The topological polar surface area (TPSA) is 44.8 Å². The molecule has 1 atom stereocenters. The Kier molecular flexibility index (Phi) is 4.71. The summed E-state index contributed by atoms with van der Waals surface area (Å²) >= 11 is 0. The van der Waals surface area contributed by atoms with Crippen molar-refractivity contribution in [2.45, 2.75) is 12.8 Å². The van der Waals surface area contributed by atoms with E-state index < -0.39 is 0 Å². The molecule has 2 aromatic carbocycles. The van der Waals surface area contributed by atoms with E-state index in [-0.39, 0.29) is 5.92 Å². The van der Waals surface area contributed by atoms with Gasteiger partial charge in [-0.25, -0.2) is 0 Å². The van der Waals surface area contributed by atoms with Crippen LogP contribution in [0.5, 0.6) is 17.2 Å². The Bertz CT molecular complexity index is 719. The number of carbonyl (C=O) groups is 1. The number of aldehydes is 1. The molecule has 2 rings (SSSR count). The first-order valence-corrected chi connectivity index (χ1v) is 6.96. The lowest BCUT2D eigenvalue weighted by Gasteiger charge is -2.20. The minimum absolute atomic E-state index is 0.0320. The zero-order valence-corrected chi connectivity index (χ0v) is 13.3. The van der Waals surface area contributed by atoms with E-state index in [9.17, 15) is 4.79 Å². The zero-order valence-electron chi connectivity index (χ0n) is 13.3. The molecule has 4 heteroatoms. The summed E-state index contributed by atoms with van der Waals surface area (Å²) in [5.74, 6) is 1.91. The summed E-state index contributed by atoms with van der Waals surface area (Å²) in [5.41, 5.74) is 1.36. The van der Waals surface area contributed by atoms with E-state index in [1.807, 2.05) is 25.1 Å². The molecule has 0 aliphatic heterocycles. The normalized spacial score (nSPS) is 11.8. The molecule has 0 aliphatic rings. The van der Waals surface area contributed by atoms with Gasteiger partial charge in [0.2, 0.25) is 0 Å². The predicted molar refractivity (Wildman–Crippen MR) is 87.6 cm³/mol. The Balaban J connectivity index is 3.03. The van der Waals surface area contributed by atoms with Gasteiger partial charge in [-0.2, -0.15) is 0 Å². The fourth-order valence-electron chi connectivity index (χ4n) is 2.70. The van der Waals surface area contributed by atoms with Gasteiger partial charge in [0, 0.05) is 22.4 Å². The second-order valence-corrected chi connectivity index (χ2v) is 4.95. The van der Waals surface area contributed by atoms with Gasteiger partial charge in [0.15, 0.2) is 6.29 Å². The first-order chi connectivity index (χ1) is 10.6. The van der Waals surface area contributed by atoms with E-state index in [4.69, 9.17) is 14.2 Å². The van der Waals surface area contributed by atoms with Crippen molar-refractivity contribution in [1.29, 1.82) is 0 Å². The number of rotatable bonds is 6. The van der Waals surface area contributed by atoms with Crippen molar-refractivity contribution >= 4 is 17.1 Å². The van der Waals surface area contributed by atoms with Crippen LogP contribution in [0.25, 0.3) is 10.8 Å². The molecule has 0 aromatic heterocycles. The molecule has 4 nitrogen and oxygen atoms in total. The van der Waals surface area contributed by atoms with E-state index in [2.05, 4.69) is 6.58 Å². The van der Waals surface area contributed by atoms with Crippen LogP contribution in [0, 0.1) is 0 Å². The van der Waals surface area contributed by atoms with Crippen LogP contribution in [0.15, 0.2) is 30.9 Å². The van der Waals surface area contributed by atoms with E-state index in [0.29, 0.717) is 22.8 Å². The van der Waals surface area contributed by atoms with E-state index in [1.54, 1.807) is 27.4 Å². The van der Waals surface area contributed by atoms with Crippen molar-refractivity contribution in [2.24, 2.45) is 0 Å². The van der Waals surface area contributed by atoms with Crippen LogP contribution in [0.2, 0.25) is 0 Å². The van der Waals surface area contributed by atoms with E-state index in [0.717, 1.165) is 22.6 Å². The lowest BCUT2D eigenvalue weighted by molar-refractivity contribution is 0.112. The van der Waals surface area contributed by atoms with Gasteiger partial charge in [-0.15, -0.1) is 6.58 Å². The molecule has 22 heavy (non-hydrogen) atoms. The summed E-state index contributed by atoms with van der Waals surface area (Å²) in [4.78, 5) is 11.6. The highest BCUT2D eigenvalue weighted by atomic mass is 16.5. The van der Waals surface area contributed by atoms with Crippen molar-refractivity contribution in [3.05, 3.63) is 42.0 Å². The SMILES string of the molecule is C=CC(C)c1c(C=O)cc2c(OC)ccc(OC)c2c1OC. The smallest absolute Gasteiger partial charge is 0.150 e. The summed E-state index contributed by atoms with van der Waals surface area (Å²) < 4.78 is 16.5. The second kappa shape index (κ2) is 6.52. The number of carbonyl (C=O) groups excluding carboxylic acids is 1. The molecule has 0 saturated heterocycles. The highest BCUT2D eigenvalue weighted by Crippen LogP contribution is 2.44. The van der Waals surface area contributed by atoms with Gasteiger partial charge in [0.25, 0.3) is 0 Å². The van der Waals surface area contributed by atoms with Gasteiger partial charge in [-0.05, 0) is 18.2 Å². The average Bonchev–Trinajstić information content (AvgIpc) is 2.57. The van der Waals surface area contributed by atoms with Gasteiger partial charge in [0.05, 0.1) is 26.7 Å². The van der Waals surface area contributed by atoms with Crippen LogP contribution in [0.3, 0.4) is 0 Å². The Morgan fingerprint density at radius 3 is 2.23 bits per heavy atom. The van der Waals surface area contributed by atoms with Gasteiger partial charge in [-0.3, -0.25) is 4.79 Å². The van der Waals surface area contributed by atoms with Gasteiger partial charge in [-0.1, -0.05) is 13.0 Å². The van der Waals surface area contributed by atoms with Crippen molar-refractivity contribution in [2.75, 3.05) is 21.3 Å². The third kappa shape index (κ3) is 2.41. The molecule has 0 radical (unpaired) electrons. The second-order valence-electron chi connectivity index (χ2n) is 4.95. The van der Waals surface area contributed by atoms with Crippen molar-refractivity contribution in [3.63, 3.8) is 0 Å². The van der Waals surface area contributed by atoms with E-state index in [1.165, 1.54) is 0 Å². The van der Waals surface area contributed by atoms with Gasteiger partial charge < -0.3 is 14.2 Å². The van der Waals surface area contributed by atoms with Crippen LogP contribution in [-0.2, 0) is 0 Å². The lowest BCUT2D eigenvalue weighted by atomic mass is 9.91. The average molecular weight is 300 g/mol. The Morgan fingerprint density at radius 2 is 1.73 bits per heavy atom. The molecule has 0 saturated carbocycles. The van der Waals surface area contributed by atoms with Crippen molar-refractivity contribution in [3.8, 4) is 17.2 Å². The fourth-order valence-corrected chi connectivity index (χ4v) is 2.70. The first kappa shape index (κ1) is 15.9. The molecular formula is C18H20O4. The maximum Gasteiger partial charge on any atom is 0.150 e. The number of allylic oxidation sites excluding steroid dienone is 1. The molecule has 0 N–H and O–H groups in total. The summed E-state index contributed by atoms with van der Waals surface area (Å²) in [7, 11) is 4.78. The maximum absolute atomic E-state index is 11.6. The van der Waals surface area contributed by atoms with Crippen molar-refractivity contribution < 1.29 is 19.0 Å². The number of ether oxygens (including phenoxy) is 3. The molecule has 0 spiro atoms. The highest BCUT2D eigenvalue weighted by molar-refractivity contribution is 6.03. The molecule has 0 bridgehead atoms. The fraction of sp³-hybridized carbons (Fsp3) is 0.278. The Labute approximate surface area is 130 Å². The van der Waals surface area contributed by atoms with Crippen LogP contribution in [0.4, 0.5) is 0 Å². The molecule has 0 fully saturated rings. The summed E-state index contributed by atoms with van der Waals surface area (Å²) in [6.45, 7) is 5.79. The Hall–Kier alpha value is -2.49. The molecular weight excluding hydrogens is 280 g/mol. The summed E-state index contributed by atoms with van der Waals surface area (Å²) in [6.07, 6.45) is 2.61. The first-order valence-electron chi connectivity index (χ1n) is 6.96. The van der Waals surface area contributed by atoms with Crippen LogP contribution < -0.4 is 14.2 Å². The number of hydrogen-bond donors (Lipinski definition) is 0. The number of methoxy groups -OCH3 is 3. The molecule has 0 amide bonds. The quantitative estimate of drug-likeness (QED) is 0.598. The molecule has 2 aromatic rings. The minimum Gasteiger partial charge on any atom is -0.496 e. The summed E-state index contributed by atoms with van der Waals surface area (Å²) in [6, 6.07) is 5.44. The highest BCUT2D eigenvalue weighted by Gasteiger charge is 2.22. The van der Waals surface area contributed by atoms with Crippen LogP contribution in [-0.4, -0.2) is 27.6 Å². The predicted octanol–water partition coefficient (Wildman–Crippen LogP) is 3.97.